The minimum absolute atomic E-state index is 1.00. The molecule has 0 aliphatic rings. The van der Waals surface area contributed by atoms with Gasteiger partial charge in [-0.2, -0.15) is 0 Å². The van der Waals surface area contributed by atoms with E-state index in [4.69, 9.17) is 0 Å². The third-order valence-electron chi connectivity index (χ3n) is 2.42. The highest BCUT2D eigenvalue weighted by molar-refractivity contribution is 7.80. The van der Waals surface area contributed by atoms with Crippen molar-refractivity contribution in [1.29, 1.82) is 0 Å². The van der Waals surface area contributed by atoms with Gasteiger partial charge >= 0.3 is 0 Å². The van der Waals surface area contributed by atoms with Gasteiger partial charge in [0.2, 0.25) is 0 Å². The SMILES string of the molecule is Cc1cc(C)cc(-c2ccc(S)cc2)c1. The van der Waals surface area contributed by atoms with Gasteiger partial charge in [-0.3, -0.25) is 0 Å². The van der Waals surface area contributed by atoms with Gasteiger partial charge in [0.1, 0.15) is 0 Å². The van der Waals surface area contributed by atoms with Crippen LogP contribution in [0.2, 0.25) is 0 Å². The summed E-state index contributed by atoms with van der Waals surface area (Å²) in [6.45, 7) is 4.26. The number of rotatable bonds is 1. The smallest absolute Gasteiger partial charge is 0.00404 e. The Labute approximate surface area is 96.4 Å². The Balaban J connectivity index is 2.49. The molecule has 0 atom stereocenters. The van der Waals surface area contributed by atoms with Crippen LogP contribution < -0.4 is 0 Å². The Morgan fingerprint density at radius 3 is 1.80 bits per heavy atom. The van der Waals surface area contributed by atoms with E-state index in [1.54, 1.807) is 0 Å². The topological polar surface area (TPSA) is 0 Å². The average molecular weight is 214 g/mol. The van der Waals surface area contributed by atoms with Gasteiger partial charge in [-0.05, 0) is 37.1 Å². The first-order valence-electron chi connectivity index (χ1n) is 5.03. The van der Waals surface area contributed by atoms with Crippen molar-refractivity contribution in [1.82, 2.24) is 0 Å². The molecule has 0 nitrogen and oxygen atoms in total. The number of aryl methyl sites for hydroxylation is 2. The molecular formula is C14H14S. The lowest BCUT2D eigenvalue weighted by Gasteiger charge is -2.05. The van der Waals surface area contributed by atoms with Crippen molar-refractivity contribution in [3.05, 3.63) is 53.6 Å². The maximum Gasteiger partial charge on any atom is 0.00404 e. The van der Waals surface area contributed by atoms with E-state index in [9.17, 15) is 0 Å². The second-order valence-electron chi connectivity index (χ2n) is 3.92. The number of hydrogen-bond acceptors (Lipinski definition) is 1. The Hall–Kier alpha value is -1.21. The van der Waals surface area contributed by atoms with E-state index in [0.717, 1.165) is 4.90 Å². The second-order valence-corrected chi connectivity index (χ2v) is 4.44. The Morgan fingerprint density at radius 2 is 1.27 bits per heavy atom. The summed E-state index contributed by atoms with van der Waals surface area (Å²) in [4.78, 5) is 1.00. The minimum atomic E-state index is 1.00. The minimum Gasteiger partial charge on any atom is -0.143 e. The molecule has 0 saturated heterocycles. The molecule has 0 spiro atoms. The first kappa shape index (κ1) is 10.3. The van der Waals surface area contributed by atoms with E-state index in [2.05, 4.69) is 56.8 Å². The Bertz CT molecular complexity index is 449. The molecule has 0 aromatic heterocycles. The van der Waals surface area contributed by atoms with Crippen LogP contribution in [0, 0.1) is 13.8 Å². The third-order valence-corrected chi connectivity index (χ3v) is 2.72. The molecule has 1 heteroatoms. The standard InChI is InChI=1S/C14H14S/c1-10-7-11(2)9-13(8-10)12-3-5-14(15)6-4-12/h3-9,15H,1-2H3. The average Bonchev–Trinajstić information content (AvgIpc) is 2.17. The summed E-state index contributed by atoms with van der Waals surface area (Å²) in [7, 11) is 0. The molecule has 2 aromatic carbocycles. The lowest BCUT2D eigenvalue weighted by molar-refractivity contribution is 1.38. The quantitative estimate of drug-likeness (QED) is 0.674. The summed E-state index contributed by atoms with van der Waals surface area (Å²) in [5.74, 6) is 0. The van der Waals surface area contributed by atoms with Gasteiger partial charge in [-0.15, -0.1) is 12.6 Å². The highest BCUT2D eigenvalue weighted by atomic mass is 32.1. The van der Waals surface area contributed by atoms with Crippen LogP contribution in [-0.2, 0) is 0 Å². The van der Waals surface area contributed by atoms with Crippen molar-refractivity contribution in [2.24, 2.45) is 0 Å². The second kappa shape index (κ2) is 4.11. The van der Waals surface area contributed by atoms with Crippen LogP contribution in [0.4, 0.5) is 0 Å². The first-order chi connectivity index (χ1) is 7.15. The van der Waals surface area contributed by atoms with Crippen LogP contribution in [0.15, 0.2) is 47.4 Å². The Kier molecular flexibility index (Phi) is 2.83. The van der Waals surface area contributed by atoms with Crippen molar-refractivity contribution in [3.63, 3.8) is 0 Å². The zero-order chi connectivity index (χ0) is 10.8. The summed E-state index contributed by atoms with van der Waals surface area (Å²) in [5, 5.41) is 0. The van der Waals surface area contributed by atoms with Gasteiger partial charge in [0, 0.05) is 4.90 Å². The van der Waals surface area contributed by atoms with Gasteiger partial charge in [-0.1, -0.05) is 41.5 Å². The predicted octanol–water partition coefficient (Wildman–Crippen LogP) is 4.26. The van der Waals surface area contributed by atoms with Crippen LogP contribution in [0.5, 0.6) is 0 Å². The van der Waals surface area contributed by atoms with E-state index in [-0.39, 0.29) is 0 Å². The Morgan fingerprint density at radius 1 is 0.733 bits per heavy atom. The van der Waals surface area contributed by atoms with Gasteiger partial charge in [0.15, 0.2) is 0 Å². The van der Waals surface area contributed by atoms with Crippen LogP contribution in [0.3, 0.4) is 0 Å². The molecule has 0 unspecified atom stereocenters. The van der Waals surface area contributed by atoms with Crippen molar-refractivity contribution in [2.75, 3.05) is 0 Å². The van der Waals surface area contributed by atoms with Crippen molar-refractivity contribution in [3.8, 4) is 11.1 Å². The van der Waals surface area contributed by atoms with Crippen LogP contribution in [0.1, 0.15) is 11.1 Å². The lowest BCUT2D eigenvalue weighted by Crippen LogP contribution is -1.82. The summed E-state index contributed by atoms with van der Waals surface area (Å²) >= 11 is 4.28. The van der Waals surface area contributed by atoms with Crippen molar-refractivity contribution < 1.29 is 0 Å². The largest absolute Gasteiger partial charge is 0.143 e. The molecule has 0 saturated carbocycles. The molecule has 2 rings (SSSR count). The monoisotopic (exact) mass is 214 g/mol. The number of thiol groups is 1. The molecule has 0 radical (unpaired) electrons. The molecule has 0 bridgehead atoms. The predicted molar refractivity (Wildman–Crippen MR) is 68.6 cm³/mol. The third kappa shape index (κ3) is 2.42. The van der Waals surface area contributed by atoms with Gasteiger partial charge in [-0.25, -0.2) is 0 Å². The zero-order valence-electron chi connectivity index (χ0n) is 8.99. The molecule has 0 amide bonds. The van der Waals surface area contributed by atoms with E-state index in [0.29, 0.717) is 0 Å². The maximum absolute atomic E-state index is 4.28. The summed E-state index contributed by atoms with van der Waals surface area (Å²) < 4.78 is 0. The molecule has 0 fully saturated rings. The molecule has 0 N–H and O–H groups in total. The molecule has 0 heterocycles. The highest BCUT2D eigenvalue weighted by Gasteiger charge is 1.98. The highest BCUT2D eigenvalue weighted by Crippen LogP contribution is 2.23. The number of hydrogen-bond donors (Lipinski definition) is 1. The van der Waals surface area contributed by atoms with Crippen LogP contribution in [0.25, 0.3) is 11.1 Å². The molecular weight excluding hydrogens is 200 g/mol. The summed E-state index contributed by atoms with van der Waals surface area (Å²) in [5.41, 5.74) is 5.14. The summed E-state index contributed by atoms with van der Waals surface area (Å²) in [6.07, 6.45) is 0. The lowest BCUT2D eigenvalue weighted by atomic mass is 10.0. The fourth-order valence-corrected chi connectivity index (χ4v) is 1.94. The van der Waals surface area contributed by atoms with Crippen LogP contribution >= 0.6 is 12.6 Å². The molecule has 0 aliphatic carbocycles. The normalized spacial score (nSPS) is 10.3. The maximum atomic E-state index is 4.28. The van der Waals surface area contributed by atoms with Gasteiger partial charge < -0.3 is 0 Å². The van der Waals surface area contributed by atoms with E-state index >= 15 is 0 Å². The van der Waals surface area contributed by atoms with E-state index < -0.39 is 0 Å². The molecule has 15 heavy (non-hydrogen) atoms. The fourth-order valence-electron chi connectivity index (χ4n) is 1.80. The van der Waals surface area contributed by atoms with Crippen LogP contribution in [-0.4, -0.2) is 0 Å². The molecule has 76 valence electrons. The van der Waals surface area contributed by atoms with E-state index in [1.807, 2.05) is 12.1 Å². The summed E-state index contributed by atoms with van der Waals surface area (Å²) in [6, 6.07) is 14.9. The van der Waals surface area contributed by atoms with Crippen molar-refractivity contribution >= 4 is 12.6 Å². The zero-order valence-corrected chi connectivity index (χ0v) is 9.88. The molecule has 0 aliphatic heterocycles. The van der Waals surface area contributed by atoms with Gasteiger partial charge in [0.05, 0.1) is 0 Å². The fraction of sp³-hybridized carbons (Fsp3) is 0.143. The number of benzene rings is 2. The van der Waals surface area contributed by atoms with Crippen molar-refractivity contribution in [2.45, 2.75) is 18.7 Å². The van der Waals surface area contributed by atoms with E-state index in [1.165, 1.54) is 22.3 Å². The van der Waals surface area contributed by atoms with Gasteiger partial charge in [0.25, 0.3) is 0 Å². The molecule has 2 aromatic rings. The first-order valence-corrected chi connectivity index (χ1v) is 5.47.